The van der Waals surface area contributed by atoms with Crippen LogP contribution in [0.1, 0.15) is 6.42 Å². The van der Waals surface area contributed by atoms with Gasteiger partial charge in [0.05, 0.1) is 24.9 Å². The number of nitrogens with one attached hydrogen (secondary N) is 2. The quantitative estimate of drug-likeness (QED) is 0.851. The van der Waals surface area contributed by atoms with E-state index in [1.54, 1.807) is 18.3 Å². The van der Waals surface area contributed by atoms with Crippen molar-refractivity contribution in [3.05, 3.63) is 42.5 Å². The lowest BCUT2D eigenvalue weighted by Crippen LogP contribution is -2.14. The summed E-state index contributed by atoms with van der Waals surface area (Å²) in [4.78, 5) is 11.5. The summed E-state index contributed by atoms with van der Waals surface area (Å²) >= 11 is 0. The maximum absolute atomic E-state index is 12.8. The summed E-state index contributed by atoms with van der Waals surface area (Å²) < 4.78 is 18.1. The molecule has 0 aliphatic rings. The zero-order chi connectivity index (χ0) is 12.8. The molecule has 94 valence electrons. The second-order valence-electron chi connectivity index (χ2n) is 3.59. The molecule has 0 unspecified atom stereocenters. The lowest BCUT2D eigenvalue weighted by Gasteiger charge is -2.06. The van der Waals surface area contributed by atoms with Gasteiger partial charge in [-0.1, -0.05) is 6.07 Å². The minimum atomic E-state index is -0.365. The average Bonchev–Trinajstić information content (AvgIpc) is 2.82. The van der Waals surface area contributed by atoms with Crippen molar-refractivity contribution in [2.75, 3.05) is 11.9 Å². The predicted molar refractivity (Wildman–Crippen MR) is 63.7 cm³/mol. The summed E-state index contributed by atoms with van der Waals surface area (Å²) in [6.07, 6.45) is 3.26. The number of halogens is 1. The van der Waals surface area contributed by atoms with Crippen LogP contribution >= 0.6 is 0 Å². The van der Waals surface area contributed by atoms with Crippen molar-refractivity contribution in [2.24, 2.45) is 0 Å². The average molecular weight is 249 g/mol. The highest BCUT2D eigenvalue weighted by Gasteiger charge is 2.03. The first-order valence-corrected chi connectivity index (χ1v) is 5.41. The number of benzene rings is 1. The fourth-order valence-electron chi connectivity index (χ4n) is 1.36. The molecule has 0 atom stereocenters. The van der Waals surface area contributed by atoms with E-state index in [1.165, 1.54) is 18.3 Å². The van der Waals surface area contributed by atoms with Crippen LogP contribution in [0, 0.1) is 5.82 Å². The van der Waals surface area contributed by atoms with Crippen molar-refractivity contribution in [2.45, 2.75) is 6.42 Å². The third kappa shape index (κ3) is 3.58. The van der Waals surface area contributed by atoms with Gasteiger partial charge in [-0.3, -0.25) is 9.89 Å². The van der Waals surface area contributed by atoms with E-state index in [9.17, 15) is 9.18 Å². The SMILES string of the molecule is O=C(CCOc1cccc(F)c1)Nc1cn[nH]c1. The standard InChI is InChI=1S/C12H12FN3O2/c13-9-2-1-3-11(6-9)18-5-4-12(17)16-10-7-14-15-8-10/h1-3,6-8H,4-5H2,(H,14,15)(H,16,17). The van der Waals surface area contributed by atoms with Crippen LogP contribution in [0.25, 0.3) is 0 Å². The molecule has 2 aromatic rings. The summed E-state index contributed by atoms with van der Waals surface area (Å²) in [7, 11) is 0. The molecule has 1 aromatic heterocycles. The number of aromatic nitrogens is 2. The maximum Gasteiger partial charge on any atom is 0.227 e. The molecular weight excluding hydrogens is 237 g/mol. The van der Waals surface area contributed by atoms with Gasteiger partial charge in [-0.05, 0) is 12.1 Å². The molecule has 0 saturated carbocycles. The normalized spacial score (nSPS) is 10.1. The van der Waals surface area contributed by atoms with Crippen molar-refractivity contribution >= 4 is 11.6 Å². The summed E-state index contributed by atoms with van der Waals surface area (Å²) in [5.74, 6) is -0.144. The molecule has 0 aliphatic carbocycles. The molecule has 0 radical (unpaired) electrons. The molecular formula is C12H12FN3O2. The number of aromatic amines is 1. The first kappa shape index (κ1) is 12.1. The molecule has 1 amide bonds. The number of H-pyrrole nitrogens is 1. The van der Waals surface area contributed by atoms with Crippen LogP contribution in [0.4, 0.5) is 10.1 Å². The Morgan fingerprint density at radius 3 is 3.11 bits per heavy atom. The first-order valence-electron chi connectivity index (χ1n) is 5.41. The van der Waals surface area contributed by atoms with E-state index in [0.717, 1.165) is 0 Å². The van der Waals surface area contributed by atoms with Crippen LogP contribution in [0.2, 0.25) is 0 Å². The lowest BCUT2D eigenvalue weighted by atomic mass is 10.3. The molecule has 0 aliphatic heterocycles. The Labute approximate surface area is 103 Å². The van der Waals surface area contributed by atoms with Crippen molar-refractivity contribution < 1.29 is 13.9 Å². The van der Waals surface area contributed by atoms with Gasteiger partial charge in [0, 0.05) is 12.3 Å². The highest BCUT2D eigenvalue weighted by Crippen LogP contribution is 2.12. The molecule has 0 bridgehead atoms. The molecule has 0 spiro atoms. The van der Waals surface area contributed by atoms with Gasteiger partial charge in [0.1, 0.15) is 11.6 Å². The van der Waals surface area contributed by atoms with Gasteiger partial charge in [-0.2, -0.15) is 5.10 Å². The molecule has 0 saturated heterocycles. The van der Waals surface area contributed by atoms with Crippen molar-refractivity contribution in [1.29, 1.82) is 0 Å². The van der Waals surface area contributed by atoms with Crippen molar-refractivity contribution in [3.63, 3.8) is 0 Å². The van der Waals surface area contributed by atoms with E-state index in [-0.39, 0.29) is 24.8 Å². The Balaban J connectivity index is 1.73. The number of nitrogens with zero attached hydrogens (tertiary/aromatic N) is 1. The smallest absolute Gasteiger partial charge is 0.227 e. The first-order chi connectivity index (χ1) is 8.74. The predicted octanol–water partition coefficient (Wildman–Crippen LogP) is 1.96. The lowest BCUT2D eigenvalue weighted by molar-refractivity contribution is -0.116. The minimum absolute atomic E-state index is 0.182. The van der Waals surface area contributed by atoms with Crippen LogP contribution in [0.15, 0.2) is 36.7 Å². The van der Waals surface area contributed by atoms with Crippen LogP contribution in [-0.4, -0.2) is 22.7 Å². The molecule has 1 heterocycles. The zero-order valence-corrected chi connectivity index (χ0v) is 9.52. The highest BCUT2D eigenvalue weighted by molar-refractivity contribution is 5.90. The number of rotatable bonds is 5. The van der Waals surface area contributed by atoms with Crippen LogP contribution < -0.4 is 10.1 Å². The summed E-state index contributed by atoms with van der Waals surface area (Å²) in [5, 5.41) is 8.92. The van der Waals surface area contributed by atoms with E-state index in [1.807, 2.05) is 0 Å². The van der Waals surface area contributed by atoms with E-state index < -0.39 is 0 Å². The fourth-order valence-corrected chi connectivity index (χ4v) is 1.36. The molecule has 2 N–H and O–H groups in total. The van der Waals surface area contributed by atoms with Gasteiger partial charge in [0.2, 0.25) is 5.91 Å². The van der Waals surface area contributed by atoms with Gasteiger partial charge in [-0.15, -0.1) is 0 Å². The molecule has 0 fully saturated rings. The van der Waals surface area contributed by atoms with Gasteiger partial charge in [0.15, 0.2) is 0 Å². The third-order valence-corrected chi connectivity index (χ3v) is 2.18. The number of carbonyl (C=O) groups is 1. The number of hydrogen-bond donors (Lipinski definition) is 2. The molecule has 1 aromatic carbocycles. The number of ether oxygens (including phenoxy) is 1. The Morgan fingerprint density at radius 1 is 1.50 bits per heavy atom. The minimum Gasteiger partial charge on any atom is -0.493 e. The molecule has 5 nitrogen and oxygen atoms in total. The highest BCUT2D eigenvalue weighted by atomic mass is 19.1. The molecule has 18 heavy (non-hydrogen) atoms. The Bertz CT molecular complexity index is 514. The monoisotopic (exact) mass is 249 g/mol. The van der Waals surface area contributed by atoms with Crippen molar-refractivity contribution in [1.82, 2.24) is 10.2 Å². The van der Waals surface area contributed by atoms with Gasteiger partial charge >= 0.3 is 0 Å². The van der Waals surface area contributed by atoms with Gasteiger partial charge < -0.3 is 10.1 Å². The van der Waals surface area contributed by atoms with E-state index in [2.05, 4.69) is 15.5 Å². The summed E-state index contributed by atoms with van der Waals surface area (Å²) in [6, 6.07) is 5.79. The number of carbonyl (C=O) groups excluding carboxylic acids is 1. The van der Waals surface area contributed by atoms with E-state index in [4.69, 9.17) is 4.74 Å². The van der Waals surface area contributed by atoms with E-state index in [0.29, 0.717) is 11.4 Å². The largest absolute Gasteiger partial charge is 0.493 e. The topological polar surface area (TPSA) is 67.0 Å². The van der Waals surface area contributed by atoms with Gasteiger partial charge in [-0.25, -0.2) is 4.39 Å². The van der Waals surface area contributed by atoms with Crippen molar-refractivity contribution in [3.8, 4) is 5.75 Å². The number of hydrogen-bond acceptors (Lipinski definition) is 3. The number of amides is 1. The third-order valence-electron chi connectivity index (χ3n) is 2.18. The second kappa shape index (κ2) is 5.81. The Kier molecular flexibility index (Phi) is 3.90. The van der Waals surface area contributed by atoms with Crippen LogP contribution in [0.5, 0.6) is 5.75 Å². The molecule has 2 rings (SSSR count). The second-order valence-corrected chi connectivity index (χ2v) is 3.59. The van der Waals surface area contributed by atoms with E-state index >= 15 is 0 Å². The van der Waals surface area contributed by atoms with Gasteiger partial charge in [0.25, 0.3) is 0 Å². The Hall–Kier alpha value is -2.37. The number of anilines is 1. The summed E-state index contributed by atoms with van der Waals surface area (Å²) in [5.41, 5.74) is 0.603. The van der Waals surface area contributed by atoms with Crippen LogP contribution in [0.3, 0.4) is 0 Å². The maximum atomic E-state index is 12.8. The molecule has 6 heteroatoms. The van der Waals surface area contributed by atoms with Crippen LogP contribution in [-0.2, 0) is 4.79 Å². The zero-order valence-electron chi connectivity index (χ0n) is 9.52. The fraction of sp³-hybridized carbons (Fsp3) is 0.167. The Morgan fingerprint density at radius 2 is 2.39 bits per heavy atom. The summed E-state index contributed by atoms with van der Waals surface area (Å²) in [6.45, 7) is 0.188.